The minimum Gasteiger partial charge on any atom is -0.353 e. The van der Waals surface area contributed by atoms with Crippen LogP contribution in [-0.2, 0) is 4.79 Å². The van der Waals surface area contributed by atoms with Crippen molar-refractivity contribution in [3.63, 3.8) is 0 Å². The summed E-state index contributed by atoms with van der Waals surface area (Å²) in [5.41, 5.74) is 0. The number of hydrogen-bond acceptors (Lipinski definition) is 3. The lowest BCUT2D eigenvalue weighted by Crippen LogP contribution is -2.44. The number of carbonyl (C=O) groups is 1. The van der Waals surface area contributed by atoms with Gasteiger partial charge in [0.1, 0.15) is 0 Å². The summed E-state index contributed by atoms with van der Waals surface area (Å²) in [6, 6.07) is 0.295. The van der Waals surface area contributed by atoms with Crippen molar-refractivity contribution < 1.29 is 4.79 Å². The molecule has 4 nitrogen and oxygen atoms in total. The molecule has 1 atom stereocenters. The SMILES string of the molecule is CCCNCC1CCN(CC(=O)NC(C)CC)CC1. The van der Waals surface area contributed by atoms with Crippen LogP contribution in [0.15, 0.2) is 0 Å². The van der Waals surface area contributed by atoms with Crippen molar-refractivity contribution in [2.75, 3.05) is 32.7 Å². The molecule has 1 rings (SSSR count). The number of nitrogens with one attached hydrogen (secondary N) is 2. The van der Waals surface area contributed by atoms with Crippen LogP contribution in [0.3, 0.4) is 0 Å². The molecule has 1 unspecified atom stereocenters. The van der Waals surface area contributed by atoms with E-state index in [4.69, 9.17) is 0 Å². The average Bonchev–Trinajstić information content (AvgIpc) is 2.40. The molecule has 2 N–H and O–H groups in total. The third kappa shape index (κ3) is 6.92. The maximum atomic E-state index is 11.8. The number of piperidine rings is 1. The van der Waals surface area contributed by atoms with Crippen LogP contribution < -0.4 is 10.6 Å². The Bertz CT molecular complexity index is 250. The summed E-state index contributed by atoms with van der Waals surface area (Å²) in [7, 11) is 0. The largest absolute Gasteiger partial charge is 0.353 e. The predicted molar refractivity (Wildman–Crippen MR) is 80.2 cm³/mol. The van der Waals surface area contributed by atoms with Crippen LogP contribution in [0.25, 0.3) is 0 Å². The smallest absolute Gasteiger partial charge is 0.234 e. The van der Waals surface area contributed by atoms with Crippen LogP contribution in [0.2, 0.25) is 0 Å². The van der Waals surface area contributed by atoms with E-state index in [1.165, 1.54) is 19.3 Å². The normalized spacial score (nSPS) is 19.3. The first-order valence-electron chi connectivity index (χ1n) is 7.88. The third-order valence-corrected chi connectivity index (χ3v) is 3.95. The van der Waals surface area contributed by atoms with E-state index in [2.05, 4.69) is 36.3 Å². The van der Waals surface area contributed by atoms with Gasteiger partial charge in [-0.25, -0.2) is 0 Å². The Hall–Kier alpha value is -0.610. The average molecular weight is 269 g/mol. The highest BCUT2D eigenvalue weighted by molar-refractivity contribution is 5.78. The Morgan fingerprint density at radius 2 is 2.00 bits per heavy atom. The number of carbonyl (C=O) groups excluding carboxylic acids is 1. The van der Waals surface area contributed by atoms with E-state index in [0.717, 1.165) is 38.5 Å². The van der Waals surface area contributed by atoms with Gasteiger partial charge in [0.05, 0.1) is 6.54 Å². The summed E-state index contributed by atoms with van der Waals surface area (Å²) >= 11 is 0. The molecule has 0 bridgehead atoms. The summed E-state index contributed by atoms with van der Waals surface area (Å²) in [4.78, 5) is 14.1. The lowest BCUT2D eigenvalue weighted by Gasteiger charge is -2.31. The van der Waals surface area contributed by atoms with Gasteiger partial charge in [-0.3, -0.25) is 9.69 Å². The van der Waals surface area contributed by atoms with Gasteiger partial charge >= 0.3 is 0 Å². The molecule has 0 saturated carbocycles. The molecule has 0 aliphatic carbocycles. The van der Waals surface area contributed by atoms with Crippen molar-refractivity contribution >= 4 is 5.91 Å². The fraction of sp³-hybridized carbons (Fsp3) is 0.933. The van der Waals surface area contributed by atoms with Gasteiger partial charge in [0.2, 0.25) is 5.91 Å². The second kappa shape index (κ2) is 9.32. The monoisotopic (exact) mass is 269 g/mol. The summed E-state index contributed by atoms with van der Waals surface area (Å²) in [5, 5.41) is 6.53. The Labute approximate surface area is 118 Å². The number of nitrogens with zero attached hydrogens (tertiary/aromatic N) is 1. The number of hydrogen-bond donors (Lipinski definition) is 2. The molecule has 0 aromatic carbocycles. The molecule has 19 heavy (non-hydrogen) atoms. The number of likely N-dealkylation sites (tertiary alicyclic amines) is 1. The highest BCUT2D eigenvalue weighted by Crippen LogP contribution is 2.15. The Balaban J connectivity index is 2.14. The zero-order chi connectivity index (χ0) is 14.1. The third-order valence-electron chi connectivity index (χ3n) is 3.95. The number of rotatable bonds is 8. The van der Waals surface area contributed by atoms with Gasteiger partial charge in [-0.2, -0.15) is 0 Å². The van der Waals surface area contributed by atoms with Crippen LogP contribution in [0.1, 0.15) is 46.5 Å². The van der Waals surface area contributed by atoms with Crippen molar-refractivity contribution in [1.82, 2.24) is 15.5 Å². The lowest BCUT2D eigenvalue weighted by atomic mass is 9.97. The van der Waals surface area contributed by atoms with Crippen LogP contribution in [-0.4, -0.2) is 49.6 Å². The zero-order valence-corrected chi connectivity index (χ0v) is 12.9. The number of amides is 1. The van der Waals surface area contributed by atoms with Gasteiger partial charge in [-0.05, 0) is 64.7 Å². The molecule has 112 valence electrons. The summed E-state index contributed by atoms with van der Waals surface area (Å²) in [5.74, 6) is 0.970. The molecular weight excluding hydrogens is 238 g/mol. The minimum atomic E-state index is 0.178. The van der Waals surface area contributed by atoms with E-state index in [-0.39, 0.29) is 5.91 Å². The molecule has 1 aliphatic heterocycles. The molecule has 0 spiro atoms. The molecule has 1 saturated heterocycles. The summed E-state index contributed by atoms with van der Waals surface area (Å²) in [6.07, 6.45) is 4.63. The van der Waals surface area contributed by atoms with Gasteiger partial charge in [-0.1, -0.05) is 13.8 Å². The van der Waals surface area contributed by atoms with E-state index in [0.29, 0.717) is 12.6 Å². The first kappa shape index (κ1) is 16.4. The first-order valence-corrected chi connectivity index (χ1v) is 7.88. The summed E-state index contributed by atoms with van der Waals surface area (Å²) in [6.45, 7) is 11.3. The molecule has 0 radical (unpaired) electrons. The fourth-order valence-corrected chi connectivity index (χ4v) is 2.46. The lowest BCUT2D eigenvalue weighted by molar-refractivity contribution is -0.123. The minimum absolute atomic E-state index is 0.178. The Morgan fingerprint density at radius 3 is 2.58 bits per heavy atom. The topological polar surface area (TPSA) is 44.4 Å². The highest BCUT2D eigenvalue weighted by Gasteiger charge is 2.20. The highest BCUT2D eigenvalue weighted by atomic mass is 16.2. The van der Waals surface area contributed by atoms with E-state index in [9.17, 15) is 4.79 Å². The van der Waals surface area contributed by atoms with Gasteiger partial charge < -0.3 is 10.6 Å². The van der Waals surface area contributed by atoms with E-state index in [1.54, 1.807) is 0 Å². The van der Waals surface area contributed by atoms with Crippen LogP contribution in [0, 0.1) is 5.92 Å². The van der Waals surface area contributed by atoms with Gasteiger partial charge in [0.25, 0.3) is 0 Å². The molecule has 1 heterocycles. The zero-order valence-electron chi connectivity index (χ0n) is 12.9. The second-order valence-electron chi connectivity index (χ2n) is 5.80. The van der Waals surface area contributed by atoms with Gasteiger partial charge in [0.15, 0.2) is 0 Å². The van der Waals surface area contributed by atoms with Crippen molar-refractivity contribution in [3.8, 4) is 0 Å². The standard InChI is InChI=1S/C15H31N3O/c1-4-8-16-11-14-6-9-18(10-7-14)12-15(19)17-13(3)5-2/h13-14,16H,4-12H2,1-3H3,(H,17,19). The quantitative estimate of drug-likeness (QED) is 0.658. The van der Waals surface area contributed by atoms with Gasteiger partial charge in [0, 0.05) is 6.04 Å². The molecule has 1 aliphatic rings. The van der Waals surface area contributed by atoms with Crippen LogP contribution in [0.5, 0.6) is 0 Å². The van der Waals surface area contributed by atoms with Gasteiger partial charge in [-0.15, -0.1) is 0 Å². The van der Waals surface area contributed by atoms with E-state index in [1.807, 2.05) is 0 Å². The second-order valence-corrected chi connectivity index (χ2v) is 5.80. The summed E-state index contributed by atoms with van der Waals surface area (Å²) < 4.78 is 0. The first-order chi connectivity index (χ1) is 9.15. The van der Waals surface area contributed by atoms with Crippen LogP contribution >= 0.6 is 0 Å². The molecular formula is C15H31N3O. The van der Waals surface area contributed by atoms with Crippen molar-refractivity contribution in [2.24, 2.45) is 5.92 Å². The van der Waals surface area contributed by atoms with Crippen LogP contribution in [0.4, 0.5) is 0 Å². The van der Waals surface area contributed by atoms with E-state index < -0.39 is 0 Å². The molecule has 4 heteroatoms. The van der Waals surface area contributed by atoms with Crippen molar-refractivity contribution in [3.05, 3.63) is 0 Å². The Kier molecular flexibility index (Phi) is 8.07. The van der Waals surface area contributed by atoms with Crippen molar-refractivity contribution in [1.29, 1.82) is 0 Å². The van der Waals surface area contributed by atoms with E-state index >= 15 is 0 Å². The predicted octanol–water partition coefficient (Wildman–Crippen LogP) is 1.61. The molecule has 0 aromatic rings. The Morgan fingerprint density at radius 1 is 1.32 bits per heavy atom. The van der Waals surface area contributed by atoms with Crippen molar-refractivity contribution in [2.45, 2.75) is 52.5 Å². The molecule has 0 aromatic heterocycles. The molecule has 1 amide bonds. The molecule has 1 fully saturated rings. The maximum absolute atomic E-state index is 11.8. The fourth-order valence-electron chi connectivity index (χ4n) is 2.46. The maximum Gasteiger partial charge on any atom is 0.234 e.